The van der Waals surface area contributed by atoms with E-state index in [4.69, 9.17) is 10.8 Å². The first-order valence-electron chi connectivity index (χ1n) is 5.66. The van der Waals surface area contributed by atoms with Crippen LogP contribution >= 0.6 is 0 Å². The molecule has 94 valence electrons. The smallest absolute Gasteiger partial charge is 0.404 e. The van der Waals surface area contributed by atoms with Gasteiger partial charge in [0.1, 0.15) is 0 Å². The molecule has 2 aromatic rings. The standard InChI is InChI=1S/C13H15N3O2/c14-12-10-4-2-1-3-9(10)5-6-11(12)15-7-8-16-13(17)18/h1-6,15-16H,7-8,14H2,(H,17,18). The van der Waals surface area contributed by atoms with Crippen LogP contribution in [0, 0.1) is 0 Å². The number of nitrogens with one attached hydrogen (secondary N) is 2. The van der Waals surface area contributed by atoms with Crippen LogP contribution in [0.1, 0.15) is 0 Å². The van der Waals surface area contributed by atoms with Crippen molar-refractivity contribution >= 4 is 28.2 Å². The zero-order chi connectivity index (χ0) is 13.0. The second-order valence-electron chi connectivity index (χ2n) is 3.91. The number of carbonyl (C=O) groups is 1. The van der Waals surface area contributed by atoms with Gasteiger partial charge in [-0.25, -0.2) is 4.79 Å². The lowest BCUT2D eigenvalue weighted by Gasteiger charge is -2.11. The van der Waals surface area contributed by atoms with E-state index in [2.05, 4.69) is 10.6 Å². The Morgan fingerprint density at radius 2 is 1.94 bits per heavy atom. The fourth-order valence-electron chi connectivity index (χ4n) is 1.82. The maximum absolute atomic E-state index is 10.3. The Morgan fingerprint density at radius 1 is 1.17 bits per heavy atom. The van der Waals surface area contributed by atoms with Gasteiger partial charge in [-0.05, 0) is 11.5 Å². The molecule has 0 aliphatic heterocycles. The predicted molar refractivity (Wildman–Crippen MR) is 72.9 cm³/mol. The minimum atomic E-state index is -1.02. The maximum atomic E-state index is 10.3. The van der Waals surface area contributed by atoms with E-state index in [0.717, 1.165) is 16.5 Å². The van der Waals surface area contributed by atoms with E-state index in [9.17, 15) is 4.79 Å². The zero-order valence-corrected chi connectivity index (χ0v) is 9.81. The molecule has 5 nitrogen and oxygen atoms in total. The number of amides is 1. The van der Waals surface area contributed by atoms with Crippen molar-refractivity contribution in [1.29, 1.82) is 0 Å². The lowest BCUT2D eigenvalue weighted by Crippen LogP contribution is -2.27. The van der Waals surface area contributed by atoms with E-state index in [1.165, 1.54) is 0 Å². The Hall–Kier alpha value is -2.43. The van der Waals surface area contributed by atoms with E-state index in [1.54, 1.807) is 0 Å². The molecule has 0 saturated carbocycles. The average Bonchev–Trinajstić information content (AvgIpc) is 2.37. The van der Waals surface area contributed by atoms with Crippen LogP contribution in [-0.4, -0.2) is 24.3 Å². The molecule has 0 spiro atoms. The Kier molecular flexibility index (Phi) is 3.52. The molecule has 2 aromatic carbocycles. The van der Waals surface area contributed by atoms with Gasteiger partial charge >= 0.3 is 6.09 Å². The molecule has 0 radical (unpaired) electrons. The molecule has 5 N–H and O–H groups in total. The maximum Gasteiger partial charge on any atom is 0.404 e. The summed E-state index contributed by atoms with van der Waals surface area (Å²) in [6, 6.07) is 11.8. The van der Waals surface area contributed by atoms with E-state index < -0.39 is 6.09 Å². The van der Waals surface area contributed by atoms with Crippen LogP contribution in [0.3, 0.4) is 0 Å². The van der Waals surface area contributed by atoms with Gasteiger partial charge in [0.25, 0.3) is 0 Å². The number of nitrogens with two attached hydrogens (primary N) is 1. The summed E-state index contributed by atoms with van der Waals surface area (Å²) in [5.74, 6) is 0. The van der Waals surface area contributed by atoms with Crippen molar-refractivity contribution in [2.75, 3.05) is 24.1 Å². The van der Waals surface area contributed by atoms with E-state index in [-0.39, 0.29) is 0 Å². The first-order chi connectivity index (χ1) is 8.68. The molecule has 0 fully saturated rings. The summed E-state index contributed by atoms with van der Waals surface area (Å²) >= 11 is 0. The Morgan fingerprint density at radius 3 is 2.72 bits per heavy atom. The lowest BCUT2D eigenvalue weighted by molar-refractivity contribution is 0.195. The number of carboxylic acid groups (broad SMARTS) is 1. The van der Waals surface area contributed by atoms with E-state index >= 15 is 0 Å². The molecule has 0 unspecified atom stereocenters. The first-order valence-corrected chi connectivity index (χ1v) is 5.66. The number of rotatable bonds is 4. The third-order valence-corrected chi connectivity index (χ3v) is 2.69. The van der Waals surface area contributed by atoms with Gasteiger partial charge < -0.3 is 21.5 Å². The zero-order valence-electron chi connectivity index (χ0n) is 9.81. The molecule has 0 aromatic heterocycles. The SMILES string of the molecule is Nc1c(NCCNC(=O)O)ccc2ccccc12. The number of anilines is 2. The third-order valence-electron chi connectivity index (χ3n) is 2.69. The normalized spacial score (nSPS) is 10.2. The molecule has 0 bridgehead atoms. The molecule has 18 heavy (non-hydrogen) atoms. The van der Waals surface area contributed by atoms with Gasteiger partial charge in [-0.15, -0.1) is 0 Å². The quantitative estimate of drug-likeness (QED) is 0.490. The summed E-state index contributed by atoms with van der Waals surface area (Å²) in [4.78, 5) is 10.3. The highest BCUT2D eigenvalue weighted by Crippen LogP contribution is 2.28. The number of fused-ring (bicyclic) bond motifs is 1. The van der Waals surface area contributed by atoms with Crippen molar-refractivity contribution in [3.8, 4) is 0 Å². The van der Waals surface area contributed by atoms with Crippen LogP contribution in [0.2, 0.25) is 0 Å². The molecule has 0 aliphatic rings. The molecular weight excluding hydrogens is 230 g/mol. The van der Waals surface area contributed by atoms with Crippen molar-refractivity contribution in [2.24, 2.45) is 0 Å². The van der Waals surface area contributed by atoms with Crippen molar-refractivity contribution in [3.05, 3.63) is 36.4 Å². The topological polar surface area (TPSA) is 87.4 Å². The summed E-state index contributed by atoms with van der Waals surface area (Å²) in [5.41, 5.74) is 7.57. The minimum absolute atomic E-state index is 0.335. The summed E-state index contributed by atoms with van der Waals surface area (Å²) in [6.45, 7) is 0.830. The summed E-state index contributed by atoms with van der Waals surface area (Å²) in [5, 5.41) is 15.9. The summed E-state index contributed by atoms with van der Waals surface area (Å²) in [6.07, 6.45) is -1.02. The molecule has 0 atom stereocenters. The average molecular weight is 245 g/mol. The van der Waals surface area contributed by atoms with Gasteiger partial charge in [0.05, 0.1) is 11.4 Å². The molecule has 1 amide bonds. The van der Waals surface area contributed by atoms with Crippen molar-refractivity contribution in [2.45, 2.75) is 0 Å². The van der Waals surface area contributed by atoms with Crippen molar-refractivity contribution in [1.82, 2.24) is 5.32 Å². The highest BCUT2D eigenvalue weighted by Gasteiger charge is 2.03. The molecular formula is C13H15N3O2. The third kappa shape index (κ3) is 2.63. The lowest BCUT2D eigenvalue weighted by atomic mass is 10.1. The number of nitrogen functional groups attached to an aromatic ring is 1. The van der Waals surface area contributed by atoms with Crippen molar-refractivity contribution < 1.29 is 9.90 Å². The van der Waals surface area contributed by atoms with Gasteiger partial charge in [0, 0.05) is 18.5 Å². The van der Waals surface area contributed by atoms with Crippen LogP contribution < -0.4 is 16.4 Å². The number of hydrogen-bond acceptors (Lipinski definition) is 3. The van der Waals surface area contributed by atoms with Crippen LogP contribution in [0.5, 0.6) is 0 Å². The Bertz CT molecular complexity index is 569. The van der Waals surface area contributed by atoms with Crippen molar-refractivity contribution in [3.63, 3.8) is 0 Å². The second-order valence-corrected chi connectivity index (χ2v) is 3.91. The largest absolute Gasteiger partial charge is 0.465 e. The van der Waals surface area contributed by atoms with Crippen LogP contribution in [0.15, 0.2) is 36.4 Å². The van der Waals surface area contributed by atoms with E-state index in [0.29, 0.717) is 18.8 Å². The molecule has 0 heterocycles. The Labute approximate surface area is 105 Å². The molecule has 5 heteroatoms. The van der Waals surface area contributed by atoms with E-state index in [1.807, 2.05) is 36.4 Å². The number of benzene rings is 2. The molecule has 0 saturated heterocycles. The van der Waals surface area contributed by atoms with Gasteiger partial charge in [0.15, 0.2) is 0 Å². The highest BCUT2D eigenvalue weighted by molar-refractivity contribution is 5.98. The van der Waals surface area contributed by atoms with Crippen LogP contribution in [0.25, 0.3) is 10.8 Å². The fraction of sp³-hybridized carbons (Fsp3) is 0.154. The molecule has 0 aliphatic carbocycles. The highest BCUT2D eigenvalue weighted by atomic mass is 16.4. The monoisotopic (exact) mass is 245 g/mol. The van der Waals surface area contributed by atoms with Gasteiger partial charge in [-0.3, -0.25) is 0 Å². The fourth-order valence-corrected chi connectivity index (χ4v) is 1.82. The van der Waals surface area contributed by atoms with Gasteiger partial charge in [0.2, 0.25) is 0 Å². The van der Waals surface area contributed by atoms with Crippen LogP contribution in [-0.2, 0) is 0 Å². The summed E-state index contributed by atoms with van der Waals surface area (Å²) in [7, 11) is 0. The first kappa shape index (κ1) is 12.0. The van der Waals surface area contributed by atoms with Crippen LogP contribution in [0.4, 0.5) is 16.2 Å². The predicted octanol–water partition coefficient (Wildman–Crippen LogP) is 2.10. The molecule has 2 rings (SSSR count). The second kappa shape index (κ2) is 5.27. The minimum Gasteiger partial charge on any atom is -0.465 e. The summed E-state index contributed by atoms with van der Waals surface area (Å²) < 4.78 is 0. The van der Waals surface area contributed by atoms with Gasteiger partial charge in [-0.2, -0.15) is 0 Å². The van der Waals surface area contributed by atoms with Gasteiger partial charge in [-0.1, -0.05) is 30.3 Å². The number of hydrogen-bond donors (Lipinski definition) is 4. The Balaban J connectivity index is 2.09.